The minimum absolute atomic E-state index is 0.0412. The molecule has 0 radical (unpaired) electrons. The number of nitrogens with one attached hydrogen (secondary N) is 2. The smallest absolute Gasteiger partial charge is 0.258 e. The highest BCUT2D eigenvalue weighted by atomic mass is 32.2. The van der Waals surface area contributed by atoms with E-state index in [-0.39, 0.29) is 11.9 Å². The highest BCUT2D eigenvalue weighted by molar-refractivity contribution is 7.99. The van der Waals surface area contributed by atoms with Crippen LogP contribution in [0.25, 0.3) is 11.5 Å². The fourth-order valence-electron chi connectivity index (χ4n) is 2.93. The molecule has 0 aliphatic carbocycles. The lowest BCUT2D eigenvalue weighted by molar-refractivity contribution is -0.115. The fraction of sp³-hybridized carbons (Fsp3) is 0.438. The summed E-state index contributed by atoms with van der Waals surface area (Å²) in [6, 6.07) is 5.99. The SMILES string of the molecule is CN1CCNCC1c1noc(-c2ccc3c(c2)NC(=O)CCS3)n1. The first-order valence-electron chi connectivity index (χ1n) is 8.02. The number of anilines is 1. The number of benzene rings is 1. The van der Waals surface area contributed by atoms with Crippen LogP contribution in [0.15, 0.2) is 27.6 Å². The molecule has 4 rings (SSSR count). The van der Waals surface area contributed by atoms with Crippen LogP contribution in [-0.2, 0) is 4.79 Å². The van der Waals surface area contributed by atoms with E-state index in [1.807, 2.05) is 18.2 Å². The minimum Gasteiger partial charge on any atom is -0.334 e. The standard InChI is InChI=1S/C16H19N5O2S/c1-21-6-5-17-9-12(21)15-19-16(23-20-15)10-2-3-13-11(8-10)18-14(22)4-7-24-13/h2-3,8,12,17H,4-7,9H2,1H3,(H,18,22). The summed E-state index contributed by atoms with van der Waals surface area (Å²) in [7, 11) is 2.07. The molecule has 0 saturated carbocycles. The van der Waals surface area contributed by atoms with E-state index in [0.717, 1.165) is 41.5 Å². The summed E-state index contributed by atoms with van der Waals surface area (Å²) in [6.45, 7) is 2.74. The summed E-state index contributed by atoms with van der Waals surface area (Å²) in [4.78, 5) is 19.6. The van der Waals surface area contributed by atoms with E-state index in [1.54, 1.807) is 11.8 Å². The summed E-state index contributed by atoms with van der Waals surface area (Å²) in [5.74, 6) is 2.01. The van der Waals surface area contributed by atoms with Crippen LogP contribution in [0.2, 0.25) is 0 Å². The van der Waals surface area contributed by atoms with Crippen molar-refractivity contribution in [2.24, 2.45) is 0 Å². The van der Waals surface area contributed by atoms with Gasteiger partial charge in [-0.15, -0.1) is 11.8 Å². The van der Waals surface area contributed by atoms with Gasteiger partial charge in [0.05, 0.1) is 11.7 Å². The molecule has 1 aromatic carbocycles. The lowest BCUT2D eigenvalue weighted by Crippen LogP contribution is -2.44. The predicted octanol–water partition coefficient (Wildman–Crippen LogP) is 1.75. The maximum absolute atomic E-state index is 11.8. The largest absolute Gasteiger partial charge is 0.334 e. The van der Waals surface area contributed by atoms with Gasteiger partial charge in [0.25, 0.3) is 5.89 Å². The Morgan fingerprint density at radius 1 is 1.42 bits per heavy atom. The van der Waals surface area contributed by atoms with Crippen LogP contribution in [0.5, 0.6) is 0 Å². The van der Waals surface area contributed by atoms with E-state index in [9.17, 15) is 4.79 Å². The van der Waals surface area contributed by atoms with Crippen LogP contribution in [0.3, 0.4) is 0 Å². The second-order valence-corrected chi connectivity index (χ2v) is 7.15. The third-order valence-electron chi connectivity index (χ3n) is 4.34. The fourth-order valence-corrected chi connectivity index (χ4v) is 3.87. The molecule has 0 spiro atoms. The number of piperazine rings is 1. The van der Waals surface area contributed by atoms with Gasteiger partial charge in [0.15, 0.2) is 5.82 Å². The predicted molar refractivity (Wildman–Crippen MR) is 91.9 cm³/mol. The lowest BCUT2D eigenvalue weighted by atomic mass is 10.2. The summed E-state index contributed by atoms with van der Waals surface area (Å²) < 4.78 is 5.47. The molecular weight excluding hydrogens is 326 g/mol. The molecule has 2 aliphatic heterocycles. The molecule has 24 heavy (non-hydrogen) atoms. The van der Waals surface area contributed by atoms with Crippen molar-refractivity contribution in [1.82, 2.24) is 20.4 Å². The number of rotatable bonds is 2. The minimum atomic E-state index is 0.0412. The van der Waals surface area contributed by atoms with Gasteiger partial charge in [-0.05, 0) is 25.2 Å². The van der Waals surface area contributed by atoms with E-state index in [1.165, 1.54) is 0 Å². The normalized spacial score (nSPS) is 21.9. The highest BCUT2D eigenvalue weighted by Gasteiger charge is 2.25. The third-order valence-corrected chi connectivity index (χ3v) is 5.41. The molecule has 2 aliphatic rings. The van der Waals surface area contributed by atoms with Crippen molar-refractivity contribution >= 4 is 23.4 Å². The Bertz CT molecular complexity index is 763. The zero-order chi connectivity index (χ0) is 16.5. The number of carbonyl (C=O) groups is 1. The van der Waals surface area contributed by atoms with Crippen LogP contribution in [-0.4, -0.2) is 53.4 Å². The van der Waals surface area contributed by atoms with Crippen molar-refractivity contribution in [3.63, 3.8) is 0 Å². The van der Waals surface area contributed by atoms with Crippen molar-refractivity contribution in [2.45, 2.75) is 17.4 Å². The van der Waals surface area contributed by atoms with E-state index >= 15 is 0 Å². The Balaban J connectivity index is 1.61. The zero-order valence-electron chi connectivity index (χ0n) is 13.4. The molecule has 1 amide bonds. The van der Waals surface area contributed by atoms with Gasteiger partial charge in [0.1, 0.15) is 0 Å². The van der Waals surface area contributed by atoms with Gasteiger partial charge in [-0.2, -0.15) is 4.98 Å². The first kappa shape index (κ1) is 15.6. The van der Waals surface area contributed by atoms with Crippen LogP contribution >= 0.6 is 11.8 Å². The lowest BCUT2D eigenvalue weighted by Gasteiger charge is -2.30. The van der Waals surface area contributed by atoms with E-state index in [2.05, 4.69) is 32.7 Å². The number of hydrogen-bond donors (Lipinski definition) is 2. The van der Waals surface area contributed by atoms with Crippen LogP contribution < -0.4 is 10.6 Å². The Morgan fingerprint density at radius 2 is 2.33 bits per heavy atom. The molecule has 3 heterocycles. The summed E-state index contributed by atoms with van der Waals surface area (Å²) in [6.07, 6.45) is 0.528. The Labute approximate surface area is 144 Å². The quantitative estimate of drug-likeness (QED) is 0.858. The first-order valence-corrected chi connectivity index (χ1v) is 9.01. The topological polar surface area (TPSA) is 83.3 Å². The second kappa shape index (κ2) is 6.54. The van der Waals surface area contributed by atoms with Crippen molar-refractivity contribution < 1.29 is 9.32 Å². The van der Waals surface area contributed by atoms with Gasteiger partial charge in [0, 0.05) is 42.3 Å². The van der Waals surface area contributed by atoms with Crippen molar-refractivity contribution in [3.05, 3.63) is 24.0 Å². The Hall–Kier alpha value is -1.90. The summed E-state index contributed by atoms with van der Waals surface area (Å²) in [5.41, 5.74) is 1.64. The molecular formula is C16H19N5O2S. The van der Waals surface area contributed by atoms with Crippen molar-refractivity contribution in [2.75, 3.05) is 37.8 Å². The average Bonchev–Trinajstić information content (AvgIpc) is 2.98. The zero-order valence-corrected chi connectivity index (χ0v) is 14.2. The molecule has 1 aromatic heterocycles. The van der Waals surface area contributed by atoms with Gasteiger partial charge in [-0.25, -0.2) is 0 Å². The van der Waals surface area contributed by atoms with Crippen LogP contribution in [0.4, 0.5) is 5.69 Å². The molecule has 1 atom stereocenters. The van der Waals surface area contributed by atoms with Crippen LogP contribution in [0.1, 0.15) is 18.3 Å². The maximum atomic E-state index is 11.8. The molecule has 7 nitrogen and oxygen atoms in total. The molecule has 1 fully saturated rings. The van der Waals surface area contributed by atoms with E-state index in [0.29, 0.717) is 18.1 Å². The molecule has 1 unspecified atom stereocenters. The number of hydrogen-bond acceptors (Lipinski definition) is 7. The third kappa shape index (κ3) is 3.04. The number of carbonyl (C=O) groups excluding carboxylic acids is 1. The van der Waals surface area contributed by atoms with Crippen LogP contribution in [0, 0.1) is 0 Å². The van der Waals surface area contributed by atoms with E-state index < -0.39 is 0 Å². The molecule has 2 N–H and O–H groups in total. The summed E-state index contributed by atoms with van der Waals surface area (Å²) >= 11 is 1.68. The number of fused-ring (bicyclic) bond motifs is 1. The molecule has 2 aromatic rings. The number of thioether (sulfide) groups is 1. The maximum Gasteiger partial charge on any atom is 0.258 e. The van der Waals surface area contributed by atoms with E-state index in [4.69, 9.17) is 4.52 Å². The van der Waals surface area contributed by atoms with Gasteiger partial charge < -0.3 is 15.2 Å². The Kier molecular flexibility index (Phi) is 4.26. The number of likely N-dealkylation sites (N-methyl/N-ethyl adjacent to an activating group) is 1. The number of amides is 1. The molecule has 1 saturated heterocycles. The van der Waals surface area contributed by atoms with Gasteiger partial charge in [-0.3, -0.25) is 9.69 Å². The summed E-state index contributed by atoms with van der Waals surface area (Å²) in [5, 5.41) is 10.4. The van der Waals surface area contributed by atoms with Crippen molar-refractivity contribution in [1.29, 1.82) is 0 Å². The number of nitrogens with zero attached hydrogens (tertiary/aromatic N) is 3. The molecule has 8 heteroatoms. The van der Waals surface area contributed by atoms with Gasteiger partial charge in [-0.1, -0.05) is 5.16 Å². The molecule has 126 valence electrons. The highest BCUT2D eigenvalue weighted by Crippen LogP contribution is 2.34. The monoisotopic (exact) mass is 345 g/mol. The Morgan fingerprint density at radius 3 is 3.21 bits per heavy atom. The van der Waals surface area contributed by atoms with Gasteiger partial charge >= 0.3 is 0 Å². The second-order valence-electron chi connectivity index (χ2n) is 6.02. The number of aromatic nitrogens is 2. The van der Waals surface area contributed by atoms with Crippen molar-refractivity contribution in [3.8, 4) is 11.5 Å². The average molecular weight is 345 g/mol. The van der Waals surface area contributed by atoms with Gasteiger partial charge in [0.2, 0.25) is 5.91 Å². The first-order chi connectivity index (χ1) is 11.7. The molecule has 0 bridgehead atoms.